The Morgan fingerprint density at radius 1 is 1.19 bits per heavy atom. The van der Waals surface area contributed by atoms with Crippen LogP contribution in [0.1, 0.15) is 38.8 Å². The summed E-state index contributed by atoms with van der Waals surface area (Å²) in [5.74, 6) is 0.247. The molecule has 1 unspecified atom stereocenters. The number of nitrogens with zero attached hydrogens (tertiary/aromatic N) is 1. The number of hydrogen-bond acceptors (Lipinski definition) is 3. The first kappa shape index (κ1) is 17.9. The van der Waals surface area contributed by atoms with Gasteiger partial charge in [0.05, 0.1) is 0 Å². The highest BCUT2D eigenvalue weighted by Gasteiger charge is 2.13. The molecule has 0 bridgehead atoms. The topological polar surface area (TPSA) is 24.5 Å². The third-order valence-corrected chi connectivity index (χ3v) is 3.60. The minimum absolute atomic E-state index is 0.0170. The molecule has 120 valence electrons. The Bertz CT molecular complexity index is 398. The highest BCUT2D eigenvalue weighted by atomic mass is 19.3. The quantitative estimate of drug-likeness (QED) is 0.667. The second kappa shape index (κ2) is 9.68. The molecule has 0 aliphatic heterocycles. The molecular weight excluding hydrogens is 274 g/mol. The fraction of sp³-hybridized carbons (Fsp3) is 0.625. The van der Waals surface area contributed by atoms with Crippen LogP contribution in [0.4, 0.5) is 8.78 Å². The first-order chi connectivity index (χ1) is 10.1. The molecule has 0 amide bonds. The summed E-state index contributed by atoms with van der Waals surface area (Å²) in [6.07, 6.45) is 1.03. The molecule has 0 fully saturated rings. The van der Waals surface area contributed by atoms with Crippen molar-refractivity contribution in [2.24, 2.45) is 0 Å². The predicted molar refractivity (Wildman–Crippen MR) is 81.9 cm³/mol. The van der Waals surface area contributed by atoms with Crippen molar-refractivity contribution in [3.05, 3.63) is 29.8 Å². The van der Waals surface area contributed by atoms with Crippen molar-refractivity contribution in [1.82, 2.24) is 10.2 Å². The van der Waals surface area contributed by atoms with E-state index in [0.29, 0.717) is 0 Å². The van der Waals surface area contributed by atoms with Crippen LogP contribution in [-0.4, -0.2) is 37.7 Å². The molecule has 1 rings (SSSR count). The molecule has 1 atom stereocenters. The number of benzene rings is 1. The number of alkyl halides is 2. The Hall–Kier alpha value is -1.20. The van der Waals surface area contributed by atoms with Crippen molar-refractivity contribution < 1.29 is 13.5 Å². The van der Waals surface area contributed by atoms with E-state index < -0.39 is 6.61 Å². The van der Waals surface area contributed by atoms with Crippen molar-refractivity contribution >= 4 is 0 Å². The van der Waals surface area contributed by atoms with Crippen molar-refractivity contribution in [2.45, 2.75) is 39.8 Å². The van der Waals surface area contributed by atoms with Crippen LogP contribution in [0.15, 0.2) is 24.3 Å². The van der Waals surface area contributed by atoms with Crippen molar-refractivity contribution in [3.63, 3.8) is 0 Å². The van der Waals surface area contributed by atoms with Gasteiger partial charge in [-0.15, -0.1) is 0 Å². The van der Waals surface area contributed by atoms with Gasteiger partial charge in [0, 0.05) is 11.6 Å². The largest absolute Gasteiger partial charge is 0.434 e. The van der Waals surface area contributed by atoms with Crippen LogP contribution in [0.2, 0.25) is 0 Å². The molecule has 0 heterocycles. The smallest absolute Gasteiger partial charge is 0.387 e. The Labute approximate surface area is 126 Å². The first-order valence-electron chi connectivity index (χ1n) is 7.57. The van der Waals surface area contributed by atoms with E-state index in [1.807, 2.05) is 19.1 Å². The summed E-state index contributed by atoms with van der Waals surface area (Å²) in [5.41, 5.74) is 0.764. The third-order valence-electron chi connectivity index (χ3n) is 3.60. The van der Waals surface area contributed by atoms with Gasteiger partial charge in [0.15, 0.2) is 0 Å². The Balaban J connectivity index is 2.46. The highest BCUT2D eigenvalue weighted by molar-refractivity contribution is 5.35. The first-order valence-corrected chi connectivity index (χ1v) is 7.57. The van der Waals surface area contributed by atoms with Crippen LogP contribution < -0.4 is 10.1 Å². The van der Waals surface area contributed by atoms with E-state index in [-0.39, 0.29) is 11.8 Å². The second-order valence-electron chi connectivity index (χ2n) is 4.97. The number of hydrogen-bond donors (Lipinski definition) is 1. The predicted octanol–water partition coefficient (Wildman–Crippen LogP) is 3.67. The average Bonchev–Trinajstić information content (AvgIpc) is 2.47. The SMILES string of the molecule is CCN(CC)CCCNC(C)c1ccccc1OC(F)F. The van der Waals surface area contributed by atoms with Gasteiger partial charge in [-0.2, -0.15) is 8.78 Å². The Morgan fingerprint density at radius 2 is 1.86 bits per heavy atom. The van der Waals surface area contributed by atoms with E-state index in [2.05, 4.69) is 28.8 Å². The molecule has 0 aromatic heterocycles. The molecule has 0 saturated carbocycles. The lowest BCUT2D eigenvalue weighted by molar-refractivity contribution is -0.0506. The zero-order valence-electron chi connectivity index (χ0n) is 13.1. The number of nitrogens with one attached hydrogen (secondary N) is 1. The fourth-order valence-corrected chi connectivity index (χ4v) is 2.31. The van der Waals surface area contributed by atoms with E-state index in [1.54, 1.807) is 12.1 Å². The molecule has 0 radical (unpaired) electrons. The second-order valence-corrected chi connectivity index (χ2v) is 4.97. The Kier molecular flexibility index (Phi) is 8.23. The molecule has 3 nitrogen and oxygen atoms in total. The van der Waals surface area contributed by atoms with Gasteiger partial charge in [0.25, 0.3) is 0 Å². The van der Waals surface area contributed by atoms with Crippen LogP contribution in [0, 0.1) is 0 Å². The molecule has 0 aliphatic carbocycles. The lowest BCUT2D eigenvalue weighted by atomic mass is 10.1. The number of ether oxygens (including phenoxy) is 1. The lowest BCUT2D eigenvalue weighted by Gasteiger charge is -2.20. The number of rotatable bonds is 10. The molecule has 1 aromatic rings. The summed E-state index contributed by atoms with van der Waals surface area (Å²) < 4.78 is 29.3. The molecule has 0 saturated heterocycles. The number of halogens is 2. The molecule has 21 heavy (non-hydrogen) atoms. The summed E-state index contributed by atoms with van der Waals surface area (Å²) in [4.78, 5) is 2.36. The lowest BCUT2D eigenvalue weighted by Crippen LogP contribution is -2.28. The molecule has 0 aliphatic rings. The zero-order chi connectivity index (χ0) is 15.7. The zero-order valence-corrected chi connectivity index (χ0v) is 13.1. The molecule has 1 aromatic carbocycles. The standard InChI is InChI=1S/C16H26F2N2O/c1-4-20(5-2)12-8-11-19-13(3)14-9-6-7-10-15(14)21-16(17)18/h6-7,9-10,13,16,19H,4-5,8,11-12H2,1-3H3. The van der Waals surface area contributed by atoms with Gasteiger partial charge in [-0.25, -0.2) is 0 Å². The van der Waals surface area contributed by atoms with Crippen molar-refractivity contribution in [1.29, 1.82) is 0 Å². The molecule has 5 heteroatoms. The fourth-order valence-electron chi connectivity index (χ4n) is 2.31. The van der Waals surface area contributed by atoms with Crippen molar-refractivity contribution in [2.75, 3.05) is 26.2 Å². The summed E-state index contributed by atoms with van der Waals surface area (Å²) in [7, 11) is 0. The minimum atomic E-state index is -2.79. The molecule has 1 N–H and O–H groups in total. The van der Waals surface area contributed by atoms with E-state index in [4.69, 9.17) is 0 Å². The summed E-state index contributed by atoms with van der Waals surface area (Å²) in [5, 5.41) is 3.36. The van der Waals surface area contributed by atoms with Crippen LogP contribution >= 0.6 is 0 Å². The average molecular weight is 300 g/mol. The van der Waals surface area contributed by atoms with Gasteiger partial charge in [0.2, 0.25) is 0 Å². The molecule has 0 spiro atoms. The Morgan fingerprint density at radius 3 is 2.48 bits per heavy atom. The van der Waals surface area contributed by atoms with Gasteiger partial charge in [-0.05, 0) is 45.6 Å². The highest BCUT2D eigenvalue weighted by Crippen LogP contribution is 2.26. The van der Waals surface area contributed by atoms with Gasteiger partial charge in [-0.1, -0.05) is 32.0 Å². The normalized spacial score (nSPS) is 12.9. The van der Waals surface area contributed by atoms with Crippen LogP contribution in [0.5, 0.6) is 5.75 Å². The van der Waals surface area contributed by atoms with Crippen LogP contribution in [0.25, 0.3) is 0 Å². The van der Waals surface area contributed by atoms with Crippen LogP contribution in [0.3, 0.4) is 0 Å². The van der Waals surface area contributed by atoms with Gasteiger partial charge in [0.1, 0.15) is 5.75 Å². The summed E-state index contributed by atoms with van der Waals surface area (Å²) in [6, 6.07) is 6.92. The van der Waals surface area contributed by atoms with Crippen LogP contribution in [-0.2, 0) is 0 Å². The number of para-hydroxylation sites is 1. The summed E-state index contributed by atoms with van der Waals surface area (Å²) >= 11 is 0. The third kappa shape index (κ3) is 6.40. The van der Waals surface area contributed by atoms with E-state index in [0.717, 1.165) is 38.2 Å². The van der Waals surface area contributed by atoms with Gasteiger partial charge in [-0.3, -0.25) is 0 Å². The van der Waals surface area contributed by atoms with Gasteiger partial charge >= 0.3 is 6.61 Å². The monoisotopic (exact) mass is 300 g/mol. The minimum Gasteiger partial charge on any atom is -0.434 e. The maximum atomic E-state index is 12.4. The van der Waals surface area contributed by atoms with E-state index in [9.17, 15) is 8.78 Å². The van der Waals surface area contributed by atoms with E-state index in [1.165, 1.54) is 0 Å². The molecular formula is C16H26F2N2O. The van der Waals surface area contributed by atoms with Crippen molar-refractivity contribution in [3.8, 4) is 5.75 Å². The van der Waals surface area contributed by atoms with E-state index >= 15 is 0 Å². The maximum absolute atomic E-state index is 12.4. The summed E-state index contributed by atoms with van der Waals surface area (Å²) in [6.45, 7) is 7.47. The maximum Gasteiger partial charge on any atom is 0.387 e. The van der Waals surface area contributed by atoms with Gasteiger partial charge < -0.3 is 15.0 Å².